The Hall–Kier alpha value is -1.42. The van der Waals surface area contributed by atoms with E-state index in [9.17, 15) is 0 Å². The molecule has 0 fully saturated rings. The summed E-state index contributed by atoms with van der Waals surface area (Å²) in [6.07, 6.45) is 1.86. The molecule has 0 N–H and O–H groups in total. The minimum Gasteiger partial charge on any atom is -0.439 e. The van der Waals surface area contributed by atoms with E-state index in [0.717, 1.165) is 29.0 Å². The molecule has 3 nitrogen and oxygen atoms in total. The standard InChI is InChI=1S/C16H19BrN2O/c1-4-6-15-18-14(17)10-16(19-15)20-13-8-5-7-12(9-13)11(2)3/h5,7-11H,4,6H2,1-3H3. The molecule has 0 spiro atoms. The summed E-state index contributed by atoms with van der Waals surface area (Å²) in [6.45, 7) is 6.44. The largest absolute Gasteiger partial charge is 0.439 e. The number of aromatic nitrogens is 2. The molecule has 0 aliphatic heterocycles. The van der Waals surface area contributed by atoms with Gasteiger partial charge < -0.3 is 4.74 Å². The van der Waals surface area contributed by atoms with Crippen molar-refractivity contribution in [3.05, 3.63) is 46.3 Å². The van der Waals surface area contributed by atoms with Crippen LogP contribution in [0.15, 0.2) is 34.9 Å². The number of rotatable bonds is 5. The van der Waals surface area contributed by atoms with Crippen molar-refractivity contribution in [2.24, 2.45) is 0 Å². The van der Waals surface area contributed by atoms with Crippen molar-refractivity contribution in [3.63, 3.8) is 0 Å². The number of ether oxygens (including phenoxy) is 1. The van der Waals surface area contributed by atoms with Crippen LogP contribution in [0.4, 0.5) is 0 Å². The van der Waals surface area contributed by atoms with Crippen molar-refractivity contribution in [3.8, 4) is 11.6 Å². The van der Waals surface area contributed by atoms with Gasteiger partial charge in [0, 0.05) is 12.5 Å². The Labute approximate surface area is 128 Å². The monoisotopic (exact) mass is 334 g/mol. The minimum absolute atomic E-state index is 0.478. The van der Waals surface area contributed by atoms with Crippen LogP contribution in [0.3, 0.4) is 0 Å². The van der Waals surface area contributed by atoms with E-state index in [4.69, 9.17) is 4.74 Å². The van der Waals surface area contributed by atoms with Crippen molar-refractivity contribution in [1.82, 2.24) is 9.97 Å². The summed E-state index contributed by atoms with van der Waals surface area (Å²) >= 11 is 3.40. The third-order valence-electron chi connectivity index (χ3n) is 2.94. The molecule has 4 heteroatoms. The Bertz CT molecular complexity index is 584. The van der Waals surface area contributed by atoms with Gasteiger partial charge in [0.25, 0.3) is 0 Å². The van der Waals surface area contributed by atoms with Crippen LogP contribution in [0.1, 0.15) is 44.5 Å². The van der Waals surface area contributed by atoms with Gasteiger partial charge in [-0.15, -0.1) is 0 Å². The number of hydrogen-bond donors (Lipinski definition) is 0. The first kappa shape index (κ1) is 15.0. The molecule has 0 atom stereocenters. The van der Waals surface area contributed by atoms with Gasteiger partial charge in [-0.2, -0.15) is 4.98 Å². The van der Waals surface area contributed by atoms with Gasteiger partial charge in [0.2, 0.25) is 5.88 Å². The summed E-state index contributed by atoms with van der Waals surface area (Å²) in [7, 11) is 0. The SMILES string of the molecule is CCCc1nc(Br)cc(Oc2cccc(C(C)C)c2)n1. The first-order valence-electron chi connectivity index (χ1n) is 6.89. The van der Waals surface area contributed by atoms with Crippen molar-refractivity contribution in [2.75, 3.05) is 0 Å². The second-order valence-corrected chi connectivity index (χ2v) is 5.84. The van der Waals surface area contributed by atoms with Gasteiger partial charge in [0.05, 0.1) is 0 Å². The predicted molar refractivity (Wildman–Crippen MR) is 84.3 cm³/mol. The molecule has 2 aromatic rings. The maximum atomic E-state index is 5.86. The first-order chi connectivity index (χ1) is 9.58. The van der Waals surface area contributed by atoms with E-state index in [0.29, 0.717) is 11.8 Å². The topological polar surface area (TPSA) is 35.0 Å². The lowest BCUT2D eigenvalue weighted by atomic mass is 10.0. The molecule has 0 aliphatic rings. The summed E-state index contributed by atoms with van der Waals surface area (Å²) in [5.41, 5.74) is 1.25. The number of benzene rings is 1. The van der Waals surface area contributed by atoms with Crippen LogP contribution < -0.4 is 4.74 Å². The van der Waals surface area contributed by atoms with Crippen molar-refractivity contribution in [1.29, 1.82) is 0 Å². The fourth-order valence-corrected chi connectivity index (χ4v) is 2.29. The average Bonchev–Trinajstić information content (AvgIpc) is 2.38. The molecular formula is C16H19BrN2O. The summed E-state index contributed by atoms with van der Waals surface area (Å²) in [5, 5.41) is 0. The highest BCUT2D eigenvalue weighted by molar-refractivity contribution is 9.10. The molecule has 1 heterocycles. The smallest absolute Gasteiger partial charge is 0.223 e. The highest BCUT2D eigenvalue weighted by Crippen LogP contribution is 2.25. The fourth-order valence-electron chi connectivity index (χ4n) is 1.89. The van der Waals surface area contributed by atoms with Gasteiger partial charge in [-0.25, -0.2) is 4.98 Å². The highest BCUT2D eigenvalue weighted by atomic mass is 79.9. The Kier molecular flexibility index (Phi) is 5.12. The van der Waals surface area contributed by atoms with Crippen LogP contribution in [0, 0.1) is 0 Å². The van der Waals surface area contributed by atoms with Gasteiger partial charge in [-0.05, 0) is 46.0 Å². The zero-order valence-corrected chi connectivity index (χ0v) is 13.6. The number of nitrogens with zero attached hydrogens (tertiary/aromatic N) is 2. The first-order valence-corrected chi connectivity index (χ1v) is 7.69. The Morgan fingerprint density at radius 2 is 2.00 bits per heavy atom. The molecule has 0 aliphatic carbocycles. The van der Waals surface area contributed by atoms with E-state index in [1.165, 1.54) is 5.56 Å². The molecule has 2 rings (SSSR count). The van der Waals surface area contributed by atoms with Crippen molar-refractivity contribution >= 4 is 15.9 Å². The van der Waals surface area contributed by atoms with E-state index < -0.39 is 0 Å². The van der Waals surface area contributed by atoms with E-state index in [-0.39, 0.29) is 0 Å². The summed E-state index contributed by atoms with van der Waals surface area (Å²) in [6, 6.07) is 9.91. The fraction of sp³-hybridized carbons (Fsp3) is 0.375. The lowest BCUT2D eigenvalue weighted by Gasteiger charge is -2.10. The summed E-state index contributed by atoms with van der Waals surface area (Å²) in [5.74, 6) is 2.67. The van der Waals surface area contributed by atoms with Crippen LogP contribution in [-0.2, 0) is 6.42 Å². The summed E-state index contributed by atoms with van der Waals surface area (Å²) < 4.78 is 6.61. The van der Waals surface area contributed by atoms with Gasteiger partial charge in [0.15, 0.2) is 0 Å². The van der Waals surface area contributed by atoms with Crippen LogP contribution >= 0.6 is 15.9 Å². The van der Waals surface area contributed by atoms with E-state index in [1.807, 2.05) is 12.1 Å². The number of halogens is 1. The zero-order chi connectivity index (χ0) is 14.5. The second kappa shape index (κ2) is 6.84. The maximum Gasteiger partial charge on any atom is 0.223 e. The van der Waals surface area contributed by atoms with Gasteiger partial charge in [-0.1, -0.05) is 32.9 Å². The van der Waals surface area contributed by atoms with E-state index in [1.54, 1.807) is 6.07 Å². The molecule has 0 unspecified atom stereocenters. The lowest BCUT2D eigenvalue weighted by molar-refractivity contribution is 0.456. The molecule has 1 aromatic heterocycles. The second-order valence-electron chi connectivity index (χ2n) is 5.02. The molecule has 1 aromatic carbocycles. The van der Waals surface area contributed by atoms with Gasteiger partial charge in [-0.3, -0.25) is 0 Å². The quantitative estimate of drug-likeness (QED) is 0.713. The number of aryl methyl sites for hydroxylation is 1. The molecule has 0 bridgehead atoms. The van der Waals surface area contributed by atoms with E-state index >= 15 is 0 Å². The summed E-state index contributed by atoms with van der Waals surface area (Å²) in [4.78, 5) is 8.77. The normalized spacial score (nSPS) is 10.8. The zero-order valence-electron chi connectivity index (χ0n) is 12.1. The third-order valence-corrected chi connectivity index (χ3v) is 3.34. The van der Waals surface area contributed by atoms with Crippen molar-refractivity contribution < 1.29 is 4.74 Å². The Morgan fingerprint density at radius 1 is 1.20 bits per heavy atom. The maximum absolute atomic E-state index is 5.86. The van der Waals surface area contributed by atoms with Crippen molar-refractivity contribution in [2.45, 2.75) is 39.5 Å². The van der Waals surface area contributed by atoms with E-state index in [2.05, 4.69) is 58.8 Å². The Balaban J connectivity index is 2.23. The van der Waals surface area contributed by atoms with Crippen LogP contribution in [-0.4, -0.2) is 9.97 Å². The van der Waals surface area contributed by atoms with Crippen LogP contribution in [0.5, 0.6) is 11.6 Å². The van der Waals surface area contributed by atoms with Gasteiger partial charge >= 0.3 is 0 Å². The third kappa shape index (κ3) is 4.04. The Morgan fingerprint density at radius 3 is 2.70 bits per heavy atom. The molecule has 106 valence electrons. The predicted octanol–water partition coefficient (Wildman–Crippen LogP) is 5.11. The van der Waals surface area contributed by atoms with Gasteiger partial charge in [0.1, 0.15) is 16.2 Å². The molecule has 0 saturated carbocycles. The highest BCUT2D eigenvalue weighted by Gasteiger charge is 2.06. The number of hydrogen-bond acceptors (Lipinski definition) is 3. The molecule has 0 saturated heterocycles. The molecular weight excluding hydrogens is 316 g/mol. The minimum atomic E-state index is 0.478. The molecule has 0 amide bonds. The van der Waals surface area contributed by atoms with Crippen LogP contribution in [0.2, 0.25) is 0 Å². The molecule has 20 heavy (non-hydrogen) atoms. The lowest BCUT2D eigenvalue weighted by Crippen LogP contribution is -1.98. The van der Waals surface area contributed by atoms with Crippen LogP contribution in [0.25, 0.3) is 0 Å². The molecule has 0 radical (unpaired) electrons. The average molecular weight is 335 g/mol.